The molecule has 1 N–H and O–H groups in total. The van der Waals surface area contributed by atoms with Crippen LogP contribution >= 0.6 is 0 Å². The Bertz CT molecular complexity index is 388. The third kappa shape index (κ3) is 3.44. The molecular weight excluding hydrogens is 258 g/mol. The Labute approximate surface area is 120 Å². The van der Waals surface area contributed by atoms with Crippen LogP contribution in [0, 0.1) is 5.92 Å². The van der Waals surface area contributed by atoms with E-state index in [0.717, 1.165) is 25.7 Å². The van der Waals surface area contributed by atoms with E-state index in [4.69, 9.17) is 9.84 Å². The normalized spacial score (nSPS) is 29.4. The molecule has 1 unspecified atom stereocenters. The number of rotatable bonds is 3. The number of aliphatic carboxylic acids is 1. The van der Waals surface area contributed by atoms with E-state index in [1.807, 2.05) is 25.7 Å². The van der Waals surface area contributed by atoms with E-state index in [1.54, 1.807) is 0 Å². The van der Waals surface area contributed by atoms with Crippen molar-refractivity contribution in [3.05, 3.63) is 0 Å². The lowest BCUT2D eigenvalue weighted by molar-refractivity contribution is -0.137. The average molecular weight is 283 g/mol. The molecule has 1 amide bonds. The predicted molar refractivity (Wildman–Crippen MR) is 74.5 cm³/mol. The average Bonchev–Trinajstić information content (AvgIpc) is 2.81. The molecule has 0 aromatic rings. The van der Waals surface area contributed by atoms with E-state index in [9.17, 15) is 9.59 Å². The van der Waals surface area contributed by atoms with Gasteiger partial charge in [-0.05, 0) is 52.4 Å². The van der Waals surface area contributed by atoms with Crippen molar-refractivity contribution in [3.8, 4) is 0 Å². The van der Waals surface area contributed by atoms with Crippen molar-refractivity contribution in [3.63, 3.8) is 0 Å². The second-order valence-electron chi connectivity index (χ2n) is 6.97. The molecule has 5 heteroatoms. The molecule has 20 heavy (non-hydrogen) atoms. The Kier molecular flexibility index (Phi) is 4.25. The number of hydrogen-bond acceptors (Lipinski definition) is 3. The Hall–Kier alpha value is -1.26. The number of carbonyl (C=O) groups is 2. The summed E-state index contributed by atoms with van der Waals surface area (Å²) in [7, 11) is 0. The summed E-state index contributed by atoms with van der Waals surface area (Å²) >= 11 is 0. The fourth-order valence-corrected chi connectivity index (χ4v) is 3.54. The standard InChI is InChI=1S/C15H25NO4/c1-15(2,3)20-14(19)16-11(7-8-13(17)18)9-10-5-4-6-12(10)16/h10-12H,4-9H2,1-3H3,(H,17,18)/t10-,11+,12?/m0/s1. The van der Waals surface area contributed by atoms with Crippen LogP contribution in [0.15, 0.2) is 0 Å². The quantitative estimate of drug-likeness (QED) is 0.864. The molecule has 1 heterocycles. The molecule has 0 aromatic carbocycles. The number of amides is 1. The van der Waals surface area contributed by atoms with Crippen LogP contribution in [0.4, 0.5) is 4.79 Å². The SMILES string of the molecule is CC(C)(C)OC(=O)N1C2CCC[C@H]2C[C@H]1CCC(=O)O. The van der Waals surface area contributed by atoms with E-state index < -0.39 is 11.6 Å². The number of fused-ring (bicyclic) bond motifs is 1. The van der Waals surface area contributed by atoms with Crippen molar-refractivity contribution in [2.45, 2.75) is 77.0 Å². The highest BCUT2D eigenvalue weighted by Gasteiger charge is 2.46. The van der Waals surface area contributed by atoms with Crippen molar-refractivity contribution in [2.24, 2.45) is 5.92 Å². The first-order valence-corrected chi connectivity index (χ1v) is 7.51. The first-order valence-electron chi connectivity index (χ1n) is 7.51. The zero-order valence-electron chi connectivity index (χ0n) is 12.6. The fourth-order valence-electron chi connectivity index (χ4n) is 3.54. The number of nitrogens with zero attached hydrogens (tertiary/aromatic N) is 1. The Morgan fingerprint density at radius 2 is 2.00 bits per heavy atom. The Balaban J connectivity index is 2.06. The Morgan fingerprint density at radius 3 is 2.60 bits per heavy atom. The maximum Gasteiger partial charge on any atom is 0.410 e. The minimum absolute atomic E-state index is 0.0243. The van der Waals surface area contributed by atoms with Crippen LogP contribution in [0.25, 0.3) is 0 Å². The van der Waals surface area contributed by atoms with Crippen molar-refractivity contribution in [2.75, 3.05) is 0 Å². The van der Waals surface area contributed by atoms with E-state index >= 15 is 0 Å². The van der Waals surface area contributed by atoms with Crippen molar-refractivity contribution in [1.29, 1.82) is 0 Å². The highest BCUT2D eigenvalue weighted by molar-refractivity contribution is 5.70. The highest BCUT2D eigenvalue weighted by Crippen LogP contribution is 2.43. The second-order valence-corrected chi connectivity index (χ2v) is 6.97. The van der Waals surface area contributed by atoms with Gasteiger partial charge in [0, 0.05) is 18.5 Å². The minimum atomic E-state index is -0.800. The lowest BCUT2D eigenvalue weighted by atomic mass is 10.00. The van der Waals surface area contributed by atoms with Crippen LogP contribution in [0.1, 0.15) is 59.3 Å². The van der Waals surface area contributed by atoms with Gasteiger partial charge in [-0.1, -0.05) is 6.42 Å². The second kappa shape index (κ2) is 5.62. The van der Waals surface area contributed by atoms with Crippen LogP contribution in [0.5, 0.6) is 0 Å². The summed E-state index contributed by atoms with van der Waals surface area (Å²) in [6, 6.07) is 0.278. The van der Waals surface area contributed by atoms with Gasteiger partial charge in [0.2, 0.25) is 0 Å². The number of hydrogen-bond donors (Lipinski definition) is 1. The van der Waals surface area contributed by atoms with Gasteiger partial charge in [-0.2, -0.15) is 0 Å². The molecule has 0 aromatic heterocycles. The molecule has 114 valence electrons. The molecule has 1 aliphatic heterocycles. The van der Waals surface area contributed by atoms with Gasteiger partial charge in [-0.3, -0.25) is 4.79 Å². The van der Waals surface area contributed by atoms with Gasteiger partial charge in [-0.25, -0.2) is 4.79 Å². The van der Waals surface area contributed by atoms with E-state index in [0.29, 0.717) is 12.3 Å². The predicted octanol–water partition coefficient (Wildman–Crippen LogP) is 3.03. The number of carboxylic acids is 1. The van der Waals surface area contributed by atoms with Gasteiger partial charge in [0.25, 0.3) is 0 Å². The molecule has 1 saturated heterocycles. The number of carbonyl (C=O) groups excluding carboxylic acids is 1. The first kappa shape index (κ1) is 15.1. The molecule has 0 radical (unpaired) electrons. The fraction of sp³-hybridized carbons (Fsp3) is 0.867. The molecule has 2 aliphatic rings. The topological polar surface area (TPSA) is 66.8 Å². The van der Waals surface area contributed by atoms with Gasteiger partial charge in [-0.15, -0.1) is 0 Å². The van der Waals surface area contributed by atoms with Crippen LogP contribution < -0.4 is 0 Å². The van der Waals surface area contributed by atoms with E-state index in [2.05, 4.69) is 0 Å². The van der Waals surface area contributed by atoms with Gasteiger partial charge in [0.15, 0.2) is 0 Å². The van der Waals surface area contributed by atoms with Gasteiger partial charge < -0.3 is 14.7 Å². The third-order valence-corrected chi connectivity index (χ3v) is 4.24. The maximum absolute atomic E-state index is 12.4. The maximum atomic E-state index is 12.4. The summed E-state index contributed by atoms with van der Waals surface area (Å²) < 4.78 is 5.51. The molecule has 2 fully saturated rings. The summed E-state index contributed by atoms with van der Waals surface area (Å²) in [5.41, 5.74) is -0.509. The minimum Gasteiger partial charge on any atom is -0.481 e. The lowest BCUT2D eigenvalue weighted by Crippen LogP contribution is -2.44. The summed E-state index contributed by atoms with van der Waals surface area (Å²) in [5, 5.41) is 8.85. The van der Waals surface area contributed by atoms with Gasteiger partial charge in [0.1, 0.15) is 5.60 Å². The summed E-state index contributed by atoms with van der Waals surface area (Å²) in [6.45, 7) is 5.58. The molecule has 1 aliphatic carbocycles. The molecule has 1 saturated carbocycles. The van der Waals surface area contributed by atoms with Crippen LogP contribution in [0.2, 0.25) is 0 Å². The monoisotopic (exact) mass is 283 g/mol. The van der Waals surface area contributed by atoms with Crippen LogP contribution in [-0.4, -0.2) is 39.8 Å². The van der Waals surface area contributed by atoms with Crippen LogP contribution in [0.3, 0.4) is 0 Å². The molecule has 3 atom stereocenters. The number of ether oxygens (including phenoxy) is 1. The Morgan fingerprint density at radius 1 is 1.30 bits per heavy atom. The van der Waals surface area contributed by atoms with Crippen LogP contribution in [-0.2, 0) is 9.53 Å². The van der Waals surface area contributed by atoms with E-state index in [1.165, 1.54) is 0 Å². The molecule has 2 rings (SSSR count). The summed E-state index contributed by atoms with van der Waals surface area (Å²) in [6.07, 6.45) is 4.62. The zero-order valence-corrected chi connectivity index (χ0v) is 12.6. The van der Waals surface area contributed by atoms with Gasteiger partial charge >= 0.3 is 12.1 Å². The highest BCUT2D eigenvalue weighted by atomic mass is 16.6. The summed E-state index contributed by atoms with van der Waals surface area (Å²) in [4.78, 5) is 25.0. The molecule has 5 nitrogen and oxygen atoms in total. The van der Waals surface area contributed by atoms with Crippen molar-refractivity contribution in [1.82, 2.24) is 4.90 Å². The number of likely N-dealkylation sites (tertiary alicyclic amines) is 1. The first-order chi connectivity index (χ1) is 9.28. The zero-order chi connectivity index (χ0) is 14.9. The number of carboxylic acid groups (broad SMARTS) is 1. The van der Waals surface area contributed by atoms with E-state index in [-0.39, 0.29) is 24.6 Å². The summed E-state index contributed by atoms with van der Waals surface area (Å²) in [5.74, 6) is -0.271. The van der Waals surface area contributed by atoms with Crippen molar-refractivity contribution >= 4 is 12.1 Å². The molecular formula is C15H25NO4. The largest absolute Gasteiger partial charge is 0.481 e. The lowest BCUT2D eigenvalue weighted by Gasteiger charge is -2.32. The third-order valence-electron chi connectivity index (χ3n) is 4.24. The smallest absolute Gasteiger partial charge is 0.410 e. The van der Waals surface area contributed by atoms with Crippen molar-refractivity contribution < 1.29 is 19.4 Å². The van der Waals surface area contributed by atoms with Gasteiger partial charge in [0.05, 0.1) is 0 Å². The molecule has 0 bridgehead atoms. The molecule has 0 spiro atoms.